The molecule has 0 fully saturated rings. The van der Waals surface area contributed by atoms with Gasteiger partial charge in [0.1, 0.15) is 11.5 Å². The number of carbonyl (C=O) groups is 1. The number of nitrogens with zero attached hydrogens (tertiary/aromatic N) is 1. The number of rotatable bonds is 3. The van der Waals surface area contributed by atoms with Gasteiger partial charge in [-0.2, -0.15) is 0 Å². The third-order valence-corrected chi connectivity index (χ3v) is 3.30. The summed E-state index contributed by atoms with van der Waals surface area (Å²) in [5.74, 6) is 1.15. The summed E-state index contributed by atoms with van der Waals surface area (Å²) in [4.78, 5) is 23.2. The Morgan fingerprint density at radius 2 is 1.89 bits per heavy atom. The first-order chi connectivity index (χ1) is 9.04. The molecule has 0 amide bonds. The third kappa shape index (κ3) is 1.87. The summed E-state index contributed by atoms with van der Waals surface area (Å²) in [5.41, 5.74) is 1.11. The highest BCUT2D eigenvalue weighted by atomic mass is 16.5. The second-order valence-corrected chi connectivity index (χ2v) is 4.25. The SMILES string of the molecule is COc1cc(OC)c2c(c1)c(C)c(C=O)c(=O)n2C. The average Bonchev–Trinajstić information content (AvgIpc) is 2.44. The van der Waals surface area contributed by atoms with Crippen molar-refractivity contribution in [1.29, 1.82) is 0 Å². The number of hydrogen-bond donors (Lipinski definition) is 0. The minimum Gasteiger partial charge on any atom is -0.497 e. The van der Waals surface area contributed by atoms with Crippen LogP contribution in [0.25, 0.3) is 10.9 Å². The molecule has 1 aromatic carbocycles. The molecule has 1 heterocycles. The van der Waals surface area contributed by atoms with Gasteiger partial charge in [-0.15, -0.1) is 0 Å². The van der Waals surface area contributed by atoms with Crippen LogP contribution >= 0.6 is 0 Å². The van der Waals surface area contributed by atoms with Crippen LogP contribution in [0.5, 0.6) is 11.5 Å². The minimum absolute atomic E-state index is 0.158. The van der Waals surface area contributed by atoms with Gasteiger partial charge in [0.2, 0.25) is 0 Å². The molecule has 1 aromatic heterocycles. The normalized spacial score (nSPS) is 10.5. The van der Waals surface area contributed by atoms with Crippen LogP contribution in [-0.2, 0) is 7.05 Å². The summed E-state index contributed by atoms with van der Waals surface area (Å²) in [6, 6.07) is 3.50. The first kappa shape index (κ1) is 13.1. The number of hydrogen-bond acceptors (Lipinski definition) is 4. The molecule has 0 bridgehead atoms. The van der Waals surface area contributed by atoms with Crippen molar-refractivity contribution in [2.75, 3.05) is 14.2 Å². The molecule has 5 heteroatoms. The van der Waals surface area contributed by atoms with E-state index in [0.29, 0.717) is 28.9 Å². The van der Waals surface area contributed by atoms with E-state index in [-0.39, 0.29) is 11.1 Å². The first-order valence-electron chi connectivity index (χ1n) is 5.75. The fourth-order valence-electron chi connectivity index (χ4n) is 2.21. The summed E-state index contributed by atoms with van der Waals surface area (Å²) in [7, 11) is 4.70. The van der Waals surface area contributed by atoms with Crippen LogP contribution in [0.15, 0.2) is 16.9 Å². The molecule has 2 aromatic rings. The fourth-order valence-corrected chi connectivity index (χ4v) is 2.21. The molecule has 0 saturated heterocycles. The quantitative estimate of drug-likeness (QED) is 0.789. The van der Waals surface area contributed by atoms with Gasteiger partial charge in [-0.05, 0) is 18.6 Å². The topological polar surface area (TPSA) is 57.5 Å². The van der Waals surface area contributed by atoms with Gasteiger partial charge in [0, 0.05) is 18.5 Å². The highest BCUT2D eigenvalue weighted by Crippen LogP contribution is 2.32. The highest BCUT2D eigenvalue weighted by Gasteiger charge is 2.16. The van der Waals surface area contributed by atoms with Gasteiger partial charge in [-0.3, -0.25) is 9.59 Å². The Bertz CT molecular complexity index is 716. The maximum atomic E-state index is 12.1. The summed E-state index contributed by atoms with van der Waals surface area (Å²) in [5, 5.41) is 0.764. The Kier molecular flexibility index (Phi) is 3.29. The van der Waals surface area contributed by atoms with Crippen LogP contribution in [0.1, 0.15) is 15.9 Å². The predicted octanol–water partition coefficient (Wildman–Crippen LogP) is 1.68. The van der Waals surface area contributed by atoms with E-state index in [9.17, 15) is 9.59 Å². The van der Waals surface area contributed by atoms with E-state index < -0.39 is 0 Å². The highest BCUT2D eigenvalue weighted by molar-refractivity contribution is 5.94. The van der Waals surface area contributed by atoms with Crippen molar-refractivity contribution in [2.45, 2.75) is 6.92 Å². The van der Waals surface area contributed by atoms with E-state index in [0.717, 1.165) is 5.39 Å². The number of pyridine rings is 1. The van der Waals surface area contributed by atoms with Gasteiger partial charge >= 0.3 is 0 Å². The van der Waals surface area contributed by atoms with Gasteiger partial charge in [0.15, 0.2) is 6.29 Å². The van der Waals surface area contributed by atoms with Crippen LogP contribution in [-0.4, -0.2) is 25.1 Å². The molecule has 2 rings (SSSR count). The summed E-state index contributed by atoms with van der Waals surface area (Å²) < 4.78 is 11.9. The molecule has 19 heavy (non-hydrogen) atoms. The van der Waals surface area contributed by atoms with Crippen LogP contribution in [0.4, 0.5) is 0 Å². The van der Waals surface area contributed by atoms with Crippen LogP contribution < -0.4 is 15.0 Å². The molecule has 0 aliphatic rings. The molecule has 0 aliphatic carbocycles. The molecule has 0 radical (unpaired) electrons. The van der Waals surface area contributed by atoms with Gasteiger partial charge < -0.3 is 14.0 Å². The second-order valence-electron chi connectivity index (χ2n) is 4.25. The minimum atomic E-state index is -0.330. The molecule has 0 aliphatic heterocycles. The number of aromatic nitrogens is 1. The average molecular weight is 261 g/mol. The van der Waals surface area contributed by atoms with Gasteiger partial charge in [-0.1, -0.05) is 0 Å². The number of methoxy groups -OCH3 is 2. The predicted molar refractivity (Wildman–Crippen MR) is 72.4 cm³/mol. The van der Waals surface area contributed by atoms with E-state index in [1.165, 1.54) is 11.7 Å². The van der Waals surface area contributed by atoms with Crippen molar-refractivity contribution in [3.05, 3.63) is 33.6 Å². The molecular weight excluding hydrogens is 246 g/mol. The van der Waals surface area contributed by atoms with E-state index in [4.69, 9.17) is 9.47 Å². The molecule has 0 spiro atoms. The van der Waals surface area contributed by atoms with Crippen molar-refractivity contribution in [1.82, 2.24) is 4.57 Å². The Hall–Kier alpha value is -2.30. The van der Waals surface area contributed by atoms with E-state index >= 15 is 0 Å². The summed E-state index contributed by atoms with van der Waals surface area (Å²) in [6.07, 6.45) is 0.586. The number of carbonyl (C=O) groups excluding carboxylic acids is 1. The third-order valence-electron chi connectivity index (χ3n) is 3.30. The van der Waals surface area contributed by atoms with E-state index in [2.05, 4.69) is 0 Å². The number of benzene rings is 1. The largest absolute Gasteiger partial charge is 0.497 e. The molecule has 0 atom stereocenters. The second kappa shape index (κ2) is 4.76. The Balaban J connectivity index is 3.07. The van der Waals surface area contributed by atoms with Gasteiger partial charge in [0.05, 0.1) is 25.3 Å². The zero-order valence-electron chi connectivity index (χ0n) is 11.3. The lowest BCUT2D eigenvalue weighted by molar-refractivity contribution is 0.112. The molecule has 0 saturated carbocycles. The lowest BCUT2D eigenvalue weighted by atomic mass is 10.0. The molecular formula is C14H15NO4. The van der Waals surface area contributed by atoms with Crippen LogP contribution in [0.2, 0.25) is 0 Å². The van der Waals surface area contributed by atoms with Crippen molar-refractivity contribution in [3.8, 4) is 11.5 Å². The maximum absolute atomic E-state index is 12.1. The zero-order valence-corrected chi connectivity index (χ0v) is 11.3. The molecule has 0 N–H and O–H groups in total. The van der Waals surface area contributed by atoms with Crippen molar-refractivity contribution >= 4 is 17.2 Å². The fraction of sp³-hybridized carbons (Fsp3) is 0.286. The number of ether oxygens (including phenoxy) is 2. The van der Waals surface area contributed by atoms with Gasteiger partial charge in [-0.25, -0.2) is 0 Å². The first-order valence-corrected chi connectivity index (χ1v) is 5.75. The zero-order chi connectivity index (χ0) is 14.2. The maximum Gasteiger partial charge on any atom is 0.261 e. The molecule has 5 nitrogen and oxygen atoms in total. The summed E-state index contributed by atoms with van der Waals surface area (Å²) >= 11 is 0. The van der Waals surface area contributed by atoms with Crippen molar-refractivity contribution in [2.24, 2.45) is 7.05 Å². The van der Waals surface area contributed by atoms with Crippen LogP contribution in [0, 0.1) is 6.92 Å². The molecule has 100 valence electrons. The Morgan fingerprint density at radius 3 is 2.42 bits per heavy atom. The lowest BCUT2D eigenvalue weighted by Gasteiger charge is -2.14. The van der Waals surface area contributed by atoms with Crippen LogP contribution in [0.3, 0.4) is 0 Å². The van der Waals surface area contributed by atoms with Crippen molar-refractivity contribution in [3.63, 3.8) is 0 Å². The van der Waals surface area contributed by atoms with E-state index in [1.54, 1.807) is 33.2 Å². The Labute approximate surface area is 110 Å². The lowest BCUT2D eigenvalue weighted by Crippen LogP contribution is -2.23. The number of aldehydes is 1. The number of fused-ring (bicyclic) bond motifs is 1. The standard InChI is InChI=1S/C14H15NO4/c1-8-10-5-9(18-3)6-12(19-4)13(10)15(2)14(17)11(8)7-16/h5-7H,1-4H3. The monoisotopic (exact) mass is 261 g/mol. The van der Waals surface area contributed by atoms with Crippen molar-refractivity contribution < 1.29 is 14.3 Å². The number of aryl methyl sites for hydroxylation is 2. The smallest absolute Gasteiger partial charge is 0.261 e. The van der Waals surface area contributed by atoms with Gasteiger partial charge in [0.25, 0.3) is 5.56 Å². The van der Waals surface area contributed by atoms with E-state index in [1.807, 2.05) is 0 Å². The summed E-state index contributed by atoms with van der Waals surface area (Å²) in [6.45, 7) is 1.74. The Morgan fingerprint density at radius 1 is 1.21 bits per heavy atom. The molecule has 0 unspecified atom stereocenters.